The molecule has 27 heavy (non-hydrogen) atoms. The molecule has 0 aliphatic carbocycles. The van der Waals surface area contributed by atoms with E-state index in [0.29, 0.717) is 5.69 Å². The van der Waals surface area contributed by atoms with Gasteiger partial charge in [-0.1, -0.05) is 6.07 Å². The average Bonchev–Trinajstić information content (AvgIpc) is 2.61. The van der Waals surface area contributed by atoms with Gasteiger partial charge in [0, 0.05) is 17.3 Å². The van der Waals surface area contributed by atoms with Crippen molar-refractivity contribution in [3.63, 3.8) is 0 Å². The Balaban J connectivity index is 2.19. The number of benzene rings is 2. The molecule has 2 rings (SSSR count). The van der Waals surface area contributed by atoms with Crippen LogP contribution in [0, 0.1) is 0 Å². The van der Waals surface area contributed by atoms with Crippen molar-refractivity contribution in [1.29, 1.82) is 0 Å². The van der Waals surface area contributed by atoms with Crippen molar-refractivity contribution >= 4 is 31.6 Å². The standard InChI is InChI=1S/C17H21N3O5S2/c1-12(2)20-27(24,25)15-9-7-14(8-10-15)19-17(21)13-5-4-6-16(11-13)26(22,23)18-3/h4-12,18,20H,1-3H3,(H,19,21). The first-order chi connectivity index (χ1) is 12.5. The Morgan fingerprint density at radius 3 is 2.07 bits per heavy atom. The molecule has 0 fully saturated rings. The van der Waals surface area contributed by atoms with Gasteiger partial charge < -0.3 is 5.32 Å². The maximum absolute atomic E-state index is 12.4. The number of anilines is 1. The van der Waals surface area contributed by atoms with E-state index in [4.69, 9.17) is 0 Å². The Morgan fingerprint density at radius 1 is 0.889 bits per heavy atom. The van der Waals surface area contributed by atoms with E-state index in [1.165, 1.54) is 55.6 Å². The highest BCUT2D eigenvalue weighted by molar-refractivity contribution is 7.89. The van der Waals surface area contributed by atoms with Crippen molar-refractivity contribution in [2.45, 2.75) is 29.7 Å². The molecule has 0 saturated carbocycles. The summed E-state index contributed by atoms with van der Waals surface area (Å²) in [5.74, 6) is -0.515. The molecule has 0 aliphatic heterocycles. The summed E-state index contributed by atoms with van der Waals surface area (Å²) >= 11 is 0. The van der Waals surface area contributed by atoms with E-state index in [-0.39, 0.29) is 21.4 Å². The minimum atomic E-state index is -3.66. The quantitative estimate of drug-likeness (QED) is 0.638. The van der Waals surface area contributed by atoms with E-state index < -0.39 is 26.0 Å². The number of hydrogen-bond acceptors (Lipinski definition) is 5. The van der Waals surface area contributed by atoms with E-state index in [1.54, 1.807) is 13.8 Å². The Morgan fingerprint density at radius 2 is 1.52 bits per heavy atom. The summed E-state index contributed by atoms with van der Waals surface area (Å²) in [7, 11) is -6.00. The Kier molecular flexibility index (Phi) is 6.37. The van der Waals surface area contributed by atoms with Gasteiger partial charge in [-0.25, -0.2) is 26.3 Å². The minimum absolute atomic E-state index is 0.0288. The van der Waals surface area contributed by atoms with Crippen LogP contribution in [0.1, 0.15) is 24.2 Å². The van der Waals surface area contributed by atoms with Gasteiger partial charge >= 0.3 is 0 Å². The molecule has 0 heterocycles. The fraction of sp³-hybridized carbons (Fsp3) is 0.235. The molecule has 0 aliphatic rings. The van der Waals surface area contributed by atoms with Crippen molar-refractivity contribution in [1.82, 2.24) is 9.44 Å². The number of rotatable bonds is 7. The molecular formula is C17H21N3O5S2. The predicted octanol–water partition coefficient (Wildman–Crippen LogP) is 1.53. The third kappa shape index (κ3) is 5.36. The fourth-order valence-corrected chi connectivity index (χ4v) is 4.25. The van der Waals surface area contributed by atoms with Crippen molar-refractivity contribution < 1.29 is 21.6 Å². The molecule has 3 N–H and O–H groups in total. The third-order valence-electron chi connectivity index (χ3n) is 3.49. The Bertz CT molecular complexity index is 1030. The summed E-state index contributed by atoms with van der Waals surface area (Å²) in [5.41, 5.74) is 0.537. The van der Waals surface area contributed by atoms with Crippen LogP contribution >= 0.6 is 0 Å². The lowest BCUT2D eigenvalue weighted by molar-refractivity contribution is 0.102. The van der Waals surface area contributed by atoms with E-state index >= 15 is 0 Å². The monoisotopic (exact) mass is 411 g/mol. The van der Waals surface area contributed by atoms with Gasteiger partial charge in [-0.2, -0.15) is 0 Å². The lowest BCUT2D eigenvalue weighted by Gasteiger charge is -2.11. The molecule has 0 unspecified atom stereocenters. The van der Waals surface area contributed by atoms with Crippen LogP contribution in [-0.2, 0) is 20.0 Å². The highest BCUT2D eigenvalue weighted by atomic mass is 32.2. The molecule has 0 saturated heterocycles. The molecule has 10 heteroatoms. The maximum Gasteiger partial charge on any atom is 0.255 e. The third-order valence-corrected chi connectivity index (χ3v) is 6.58. The second-order valence-electron chi connectivity index (χ2n) is 5.99. The van der Waals surface area contributed by atoms with Crippen LogP contribution in [0.4, 0.5) is 5.69 Å². The molecule has 0 spiro atoms. The number of carbonyl (C=O) groups excluding carboxylic acids is 1. The highest BCUT2D eigenvalue weighted by Gasteiger charge is 2.16. The molecule has 1 amide bonds. The molecular weight excluding hydrogens is 390 g/mol. The van der Waals surface area contributed by atoms with E-state index in [9.17, 15) is 21.6 Å². The number of amides is 1. The molecule has 2 aromatic rings. The Hall–Kier alpha value is -2.27. The number of hydrogen-bond donors (Lipinski definition) is 3. The molecule has 0 bridgehead atoms. The van der Waals surface area contributed by atoms with Crippen molar-refractivity contribution in [2.24, 2.45) is 0 Å². The normalized spacial score (nSPS) is 12.1. The van der Waals surface area contributed by atoms with Gasteiger partial charge in [0.15, 0.2) is 0 Å². The average molecular weight is 412 g/mol. The molecule has 2 aromatic carbocycles. The number of sulfonamides is 2. The van der Waals surface area contributed by atoms with Crippen LogP contribution < -0.4 is 14.8 Å². The van der Waals surface area contributed by atoms with E-state index in [0.717, 1.165) is 0 Å². The largest absolute Gasteiger partial charge is 0.322 e. The molecule has 8 nitrogen and oxygen atoms in total. The van der Waals surface area contributed by atoms with Crippen LogP contribution in [0.25, 0.3) is 0 Å². The van der Waals surface area contributed by atoms with Gasteiger partial charge in [0.05, 0.1) is 9.79 Å². The summed E-state index contributed by atoms with van der Waals surface area (Å²) in [6.07, 6.45) is 0. The van der Waals surface area contributed by atoms with Crippen LogP contribution in [0.3, 0.4) is 0 Å². The van der Waals surface area contributed by atoms with Gasteiger partial charge in [-0.15, -0.1) is 0 Å². The van der Waals surface area contributed by atoms with Crippen molar-refractivity contribution in [3.8, 4) is 0 Å². The van der Waals surface area contributed by atoms with E-state index in [2.05, 4.69) is 14.8 Å². The first-order valence-corrected chi connectivity index (χ1v) is 11.0. The zero-order chi connectivity index (χ0) is 20.2. The van der Waals surface area contributed by atoms with Crippen LogP contribution in [-0.4, -0.2) is 35.8 Å². The lowest BCUT2D eigenvalue weighted by atomic mass is 10.2. The zero-order valence-electron chi connectivity index (χ0n) is 15.1. The molecule has 0 atom stereocenters. The van der Waals surface area contributed by atoms with Gasteiger partial charge in [0.25, 0.3) is 5.91 Å². The first-order valence-electron chi connectivity index (χ1n) is 8.02. The predicted molar refractivity (Wildman–Crippen MR) is 103 cm³/mol. The van der Waals surface area contributed by atoms with Crippen molar-refractivity contribution in [2.75, 3.05) is 12.4 Å². The summed E-state index contributed by atoms with van der Waals surface area (Å²) in [5, 5.41) is 2.60. The minimum Gasteiger partial charge on any atom is -0.322 e. The van der Waals surface area contributed by atoms with Gasteiger partial charge in [-0.05, 0) is 63.4 Å². The number of carbonyl (C=O) groups is 1. The maximum atomic E-state index is 12.4. The second kappa shape index (κ2) is 8.17. The smallest absolute Gasteiger partial charge is 0.255 e. The van der Waals surface area contributed by atoms with Crippen molar-refractivity contribution in [3.05, 3.63) is 54.1 Å². The van der Waals surface area contributed by atoms with Gasteiger partial charge in [-0.3, -0.25) is 4.79 Å². The second-order valence-corrected chi connectivity index (χ2v) is 9.59. The SMILES string of the molecule is CNS(=O)(=O)c1cccc(C(=O)Nc2ccc(S(=O)(=O)NC(C)C)cc2)c1. The van der Waals surface area contributed by atoms with E-state index in [1.807, 2.05) is 0 Å². The number of nitrogens with one attached hydrogen (secondary N) is 3. The fourth-order valence-electron chi connectivity index (χ4n) is 2.22. The first kappa shape index (κ1) is 21.0. The summed E-state index contributed by atoms with van der Waals surface area (Å²) in [6, 6.07) is 11.0. The van der Waals surface area contributed by atoms with Gasteiger partial charge in [0.2, 0.25) is 20.0 Å². The summed E-state index contributed by atoms with van der Waals surface area (Å²) < 4.78 is 52.5. The van der Waals surface area contributed by atoms with Gasteiger partial charge in [0.1, 0.15) is 0 Å². The lowest BCUT2D eigenvalue weighted by Crippen LogP contribution is -2.30. The molecule has 0 radical (unpaired) electrons. The molecule has 0 aromatic heterocycles. The Labute approximate surface area is 159 Å². The summed E-state index contributed by atoms with van der Waals surface area (Å²) in [4.78, 5) is 12.4. The zero-order valence-corrected chi connectivity index (χ0v) is 16.7. The van der Waals surface area contributed by atoms with Crippen LogP contribution in [0.5, 0.6) is 0 Å². The van der Waals surface area contributed by atoms with Crippen LogP contribution in [0.2, 0.25) is 0 Å². The highest BCUT2D eigenvalue weighted by Crippen LogP contribution is 2.17. The van der Waals surface area contributed by atoms with Crippen LogP contribution in [0.15, 0.2) is 58.3 Å². The molecule has 146 valence electrons. The summed E-state index contributed by atoms with van der Waals surface area (Å²) in [6.45, 7) is 3.43. The topological polar surface area (TPSA) is 121 Å².